The second-order valence-corrected chi connectivity index (χ2v) is 4.31. The molecule has 0 spiro atoms. The van der Waals surface area contributed by atoms with Gasteiger partial charge in [-0.05, 0) is 5.75 Å². The summed E-state index contributed by atoms with van der Waals surface area (Å²) in [5.74, 6) is 1.22. The number of thiol groups is 1. The highest BCUT2D eigenvalue weighted by atomic mass is 32.2. The molecule has 0 bridgehead atoms. The number of hydrogen-bond acceptors (Lipinski definition) is 3. The summed E-state index contributed by atoms with van der Waals surface area (Å²) in [7, 11) is 0. The van der Waals surface area contributed by atoms with E-state index in [4.69, 9.17) is 0 Å². The Kier molecular flexibility index (Phi) is 8.11. The zero-order valence-electron chi connectivity index (χ0n) is 4.39. The Morgan fingerprint density at radius 1 is 1.43 bits per heavy atom. The topological polar surface area (TPSA) is 0 Å². The lowest BCUT2D eigenvalue weighted by molar-refractivity contribution is 1.53. The summed E-state index contributed by atoms with van der Waals surface area (Å²) in [5, 5.41) is 2.15. The van der Waals surface area contributed by atoms with Gasteiger partial charge in [0.2, 0.25) is 0 Å². The predicted octanol–water partition coefficient (Wildman–Crippen LogP) is 2.32. The van der Waals surface area contributed by atoms with Crippen LogP contribution in [0, 0.1) is 0 Å². The molecule has 0 saturated carbocycles. The second-order valence-electron chi connectivity index (χ2n) is 0.944. The van der Waals surface area contributed by atoms with Crippen LogP contribution in [0.1, 0.15) is 6.92 Å². The molecule has 0 nitrogen and oxygen atoms in total. The van der Waals surface area contributed by atoms with Crippen molar-refractivity contribution in [3.05, 3.63) is 0 Å². The quantitative estimate of drug-likeness (QED) is 0.375. The van der Waals surface area contributed by atoms with Crippen LogP contribution in [0.3, 0.4) is 0 Å². The maximum atomic E-state index is 4.04. The van der Waals surface area contributed by atoms with Crippen LogP contribution in [-0.4, -0.2) is 15.9 Å². The fourth-order valence-electron chi connectivity index (χ4n) is 0.180. The third kappa shape index (κ3) is 7.05. The van der Waals surface area contributed by atoms with Crippen molar-refractivity contribution < 1.29 is 0 Å². The van der Waals surface area contributed by atoms with E-state index in [0.29, 0.717) is 0 Å². The van der Waals surface area contributed by atoms with Crippen molar-refractivity contribution in [3.63, 3.8) is 0 Å². The van der Waals surface area contributed by atoms with Crippen LogP contribution in [-0.2, 0) is 0 Å². The van der Waals surface area contributed by atoms with Crippen LogP contribution < -0.4 is 0 Å². The molecule has 3 heteroatoms. The Labute approximate surface area is 59.2 Å². The van der Waals surface area contributed by atoms with Crippen LogP contribution >= 0.6 is 36.2 Å². The molecule has 0 amide bonds. The first kappa shape index (κ1) is 8.05. The Balaban J connectivity index is 2.45. The van der Waals surface area contributed by atoms with Gasteiger partial charge in [0.1, 0.15) is 0 Å². The summed E-state index contributed by atoms with van der Waals surface area (Å²) in [6, 6.07) is 0. The molecule has 0 aliphatic carbocycles. The Morgan fingerprint density at radius 3 is 2.57 bits per heavy atom. The molecule has 44 valence electrons. The average Bonchev–Trinajstić information content (AvgIpc) is 1.69. The molecule has 0 aromatic carbocycles. The summed E-state index contributed by atoms with van der Waals surface area (Å²) >= 11 is 7.85. The standard InChI is InChI=1S/C4H10S3/c1-2-6-4-7-3-5/h5H,2-4H2,1H3. The highest BCUT2D eigenvalue weighted by molar-refractivity contribution is 8.19. The van der Waals surface area contributed by atoms with Gasteiger partial charge in [-0.25, -0.2) is 0 Å². The SMILES string of the molecule is CCSCSCS. The number of rotatable bonds is 4. The molecule has 0 N–H and O–H groups in total. The average molecular weight is 154 g/mol. The molecule has 0 radical (unpaired) electrons. The van der Waals surface area contributed by atoms with Crippen molar-refractivity contribution in [2.45, 2.75) is 6.92 Å². The number of hydrogen-bond donors (Lipinski definition) is 1. The van der Waals surface area contributed by atoms with Crippen LogP contribution in [0.2, 0.25) is 0 Å². The van der Waals surface area contributed by atoms with Gasteiger partial charge in [-0.15, -0.1) is 11.8 Å². The van der Waals surface area contributed by atoms with E-state index in [0.717, 1.165) is 5.08 Å². The smallest absolute Gasteiger partial charge is 0.0400 e. The lowest BCUT2D eigenvalue weighted by Gasteiger charge is -1.91. The maximum absolute atomic E-state index is 4.04. The molecule has 0 aromatic heterocycles. The van der Waals surface area contributed by atoms with Crippen molar-refractivity contribution >= 4 is 36.2 Å². The predicted molar refractivity (Wildman–Crippen MR) is 44.4 cm³/mol. The van der Waals surface area contributed by atoms with Gasteiger partial charge in [0.05, 0.1) is 0 Å². The van der Waals surface area contributed by atoms with E-state index in [1.54, 1.807) is 0 Å². The van der Waals surface area contributed by atoms with Crippen molar-refractivity contribution in [2.24, 2.45) is 0 Å². The largest absolute Gasteiger partial charge is 0.168 e. The van der Waals surface area contributed by atoms with Gasteiger partial charge in [-0.2, -0.15) is 24.4 Å². The van der Waals surface area contributed by atoms with Crippen LogP contribution in [0.4, 0.5) is 0 Å². The minimum absolute atomic E-state index is 0.951. The molecule has 0 aliphatic heterocycles. The first-order valence-electron chi connectivity index (χ1n) is 2.18. The third-order valence-electron chi connectivity index (χ3n) is 0.462. The molecular formula is C4H10S3. The highest BCUT2D eigenvalue weighted by Crippen LogP contribution is 2.11. The van der Waals surface area contributed by atoms with Crippen molar-refractivity contribution in [3.8, 4) is 0 Å². The van der Waals surface area contributed by atoms with E-state index < -0.39 is 0 Å². The first-order valence-corrected chi connectivity index (χ1v) is 5.12. The third-order valence-corrected chi connectivity index (χ3v) is 2.93. The highest BCUT2D eigenvalue weighted by Gasteiger charge is 1.80. The minimum atomic E-state index is 0.951. The Bertz CT molecular complexity index is 26.1. The summed E-state index contributed by atoms with van der Waals surface area (Å²) < 4.78 is 0. The monoisotopic (exact) mass is 154 g/mol. The minimum Gasteiger partial charge on any atom is -0.168 e. The molecule has 0 aromatic rings. The summed E-state index contributed by atoms with van der Waals surface area (Å²) in [6.07, 6.45) is 0. The molecule has 7 heavy (non-hydrogen) atoms. The molecule has 0 aliphatic rings. The van der Waals surface area contributed by atoms with Gasteiger partial charge in [0.15, 0.2) is 0 Å². The van der Waals surface area contributed by atoms with Gasteiger partial charge in [0, 0.05) is 10.2 Å². The van der Waals surface area contributed by atoms with Crippen LogP contribution in [0.15, 0.2) is 0 Å². The van der Waals surface area contributed by atoms with Crippen molar-refractivity contribution in [1.29, 1.82) is 0 Å². The fraction of sp³-hybridized carbons (Fsp3) is 1.00. The fourth-order valence-corrected chi connectivity index (χ4v) is 2.29. The summed E-state index contributed by atoms with van der Waals surface area (Å²) in [5.41, 5.74) is 0. The molecule has 0 fully saturated rings. The van der Waals surface area contributed by atoms with Gasteiger partial charge in [-0.3, -0.25) is 0 Å². The Hall–Kier alpha value is 1.05. The van der Waals surface area contributed by atoms with Crippen molar-refractivity contribution in [1.82, 2.24) is 0 Å². The van der Waals surface area contributed by atoms with Crippen LogP contribution in [0.25, 0.3) is 0 Å². The van der Waals surface area contributed by atoms with Crippen molar-refractivity contribution in [2.75, 3.05) is 15.9 Å². The van der Waals surface area contributed by atoms with E-state index >= 15 is 0 Å². The molecular weight excluding hydrogens is 144 g/mol. The van der Waals surface area contributed by atoms with Gasteiger partial charge in [0.25, 0.3) is 0 Å². The molecule has 0 rings (SSSR count). The van der Waals surface area contributed by atoms with E-state index in [-0.39, 0.29) is 0 Å². The normalized spacial score (nSPS) is 9.43. The van der Waals surface area contributed by atoms with Gasteiger partial charge >= 0.3 is 0 Å². The number of thioether (sulfide) groups is 2. The van der Waals surface area contributed by atoms with Gasteiger partial charge < -0.3 is 0 Å². The first-order chi connectivity index (χ1) is 3.41. The van der Waals surface area contributed by atoms with E-state index in [1.165, 1.54) is 10.8 Å². The zero-order chi connectivity index (χ0) is 5.54. The lowest BCUT2D eigenvalue weighted by Crippen LogP contribution is -1.69. The van der Waals surface area contributed by atoms with Gasteiger partial charge in [-0.1, -0.05) is 6.92 Å². The molecule has 0 saturated heterocycles. The Morgan fingerprint density at radius 2 is 2.14 bits per heavy atom. The maximum Gasteiger partial charge on any atom is 0.0400 e. The summed E-state index contributed by atoms with van der Waals surface area (Å²) in [4.78, 5) is 0. The van der Waals surface area contributed by atoms with Crippen LogP contribution in [0.5, 0.6) is 0 Å². The van der Waals surface area contributed by atoms with E-state index in [9.17, 15) is 0 Å². The second kappa shape index (κ2) is 7.05. The van der Waals surface area contributed by atoms with E-state index in [2.05, 4.69) is 19.6 Å². The molecule has 0 heterocycles. The van der Waals surface area contributed by atoms with E-state index in [1.807, 2.05) is 23.5 Å². The summed E-state index contributed by atoms with van der Waals surface area (Å²) in [6.45, 7) is 2.17. The molecule has 0 atom stereocenters. The zero-order valence-corrected chi connectivity index (χ0v) is 6.91. The molecule has 0 unspecified atom stereocenters. The lowest BCUT2D eigenvalue weighted by atomic mass is 11.0.